The first kappa shape index (κ1) is 21.2. The predicted molar refractivity (Wildman–Crippen MR) is 107 cm³/mol. The standard InChI is InChI=1S/C22H26N2O4/c1-16(2)14-23-20(25)15-28-21(26)13-19(17-9-5-3-6-10-17)24-22(27)18-11-7-4-8-12-18/h3-12,16,19H,13-15H2,1-2H3,(H,23,25)(H,24,27). The van der Waals surface area contributed by atoms with E-state index in [4.69, 9.17) is 4.74 Å². The molecule has 6 nitrogen and oxygen atoms in total. The zero-order valence-electron chi connectivity index (χ0n) is 16.2. The molecule has 0 aliphatic rings. The summed E-state index contributed by atoms with van der Waals surface area (Å²) in [7, 11) is 0. The van der Waals surface area contributed by atoms with E-state index >= 15 is 0 Å². The van der Waals surface area contributed by atoms with Gasteiger partial charge in [0.05, 0.1) is 12.5 Å². The Morgan fingerprint density at radius 1 is 0.929 bits per heavy atom. The molecule has 0 aliphatic heterocycles. The molecule has 2 aromatic carbocycles. The van der Waals surface area contributed by atoms with E-state index in [0.29, 0.717) is 18.0 Å². The zero-order valence-corrected chi connectivity index (χ0v) is 16.2. The van der Waals surface area contributed by atoms with Crippen LogP contribution >= 0.6 is 0 Å². The summed E-state index contributed by atoms with van der Waals surface area (Å²) in [5.41, 5.74) is 1.29. The second-order valence-electron chi connectivity index (χ2n) is 6.87. The van der Waals surface area contributed by atoms with Crippen LogP contribution in [-0.2, 0) is 14.3 Å². The lowest BCUT2D eigenvalue weighted by molar-refractivity contribution is -0.149. The van der Waals surface area contributed by atoms with Gasteiger partial charge in [0, 0.05) is 12.1 Å². The molecule has 6 heteroatoms. The summed E-state index contributed by atoms with van der Waals surface area (Å²) in [6.07, 6.45) is -0.0694. The zero-order chi connectivity index (χ0) is 20.4. The minimum absolute atomic E-state index is 0.0694. The fourth-order valence-electron chi connectivity index (χ4n) is 2.51. The molecule has 0 spiro atoms. The first-order chi connectivity index (χ1) is 13.5. The van der Waals surface area contributed by atoms with Crippen molar-refractivity contribution < 1.29 is 19.1 Å². The van der Waals surface area contributed by atoms with E-state index in [2.05, 4.69) is 10.6 Å². The van der Waals surface area contributed by atoms with Crippen LogP contribution in [0.15, 0.2) is 60.7 Å². The van der Waals surface area contributed by atoms with Crippen molar-refractivity contribution in [2.75, 3.05) is 13.2 Å². The molecule has 1 unspecified atom stereocenters. The van der Waals surface area contributed by atoms with Crippen LogP contribution in [-0.4, -0.2) is 30.9 Å². The highest BCUT2D eigenvalue weighted by atomic mass is 16.5. The molecule has 148 valence electrons. The van der Waals surface area contributed by atoms with E-state index < -0.39 is 12.0 Å². The summed E-state index contributed by atoms with van der Waals surface area (Å²) < 4.78 is 5.07. The van der Waals surface area contributed by atoms with Crippen molar-refractivity contribution in [2.45, 2.75) is 26.3 Å². The molecule has 0 saturated heterocycles. The fraction of sp³-hybridized carbons (Fsp3) is 0.318. The lowest BCUT2D eigenvalue weighted by Crippen LogP contribution is -2.33. The van der Waals surface area contributed by atoms with Crippen LogP contribution in [0.4, 0.5) is 0 Å². The van der Waals surface area contributed by atoms with Crippen molar-refractivity contribution in [3.05, 3.63) is 71.8 Å². The molecule has 0 fully saturated rings. The molecule has 0 heterocycles. The highest BCUT2D eigenvalue weighted by Gasteiger charge is 2.20. The molecule has 1 atom stereocenters. The van der Waals surface area contributed by atoms with Crippen molar-refractivity contribution in [2.24, 2.45) is 5.92 Å². The third-order valence-corrected chi connectivity index (χ3v) is 3.99. The summed E-state index contributed by atoms with van der Waals surface area (Å²) >= 11 is 0. The van der Waals surface area contributed by atoms with Crippen LogP contribution in [0.1, 0.15) is 42.2 Å². The first-order valence-corrected chi connectivity index (χ1v) is 9.29. The molecule has 2 rings (SSSR count). The smallest absolute Gasteiger partial charge is 0.308 e. The lowest BCUT2D eigenvalue weighted by Gasteiger charge is -2.19. The number of rotatable bonds is 9. The monoisotopic (exact) mass is 382 g/mol. The normalized spacial score (nSPS) is 11.5. The summed E-state index contributed by atoms with van der Waals surface area (Å²) in [5.74, 6) is -0.860. The average Bonchev–Trinajstić information content (AvgIpc) is 2.71. The van der Waals surface area contributed by atoms with Gasteiger partial charge >= 0.3 is 5.97 Å². The molecular weight excluding hydrogens is 356 g/mol. The Morgan fingerprint density at radius 2 is 1.54 bits per heavy atom. The van der Waals surface area contributed by atoms with Gasteiger partial charge in [-0.05, 0) is 23.6 Å². The average molecular weight is 382 g/mol. The number of esters is 1. The van der Waals surface area contributed by atoms with Crippen LogP contribution in [0.3, 0.4) is 0 Å². The highest BCUT2D eigenvalue weighted by molar-refractivity contribution is 5.94. The minimum atomic E-state index is -0.555. The maximum atomic E-state index is 12.5. The number of carbonyl (C=O) groups is 3. The lowest BCUT2D eigenvalue weighted by atomic mass is 10.0. The van der Waals surface area contributed by atoms with Gasteiger partial charge in [-0.25, -0.2) is 0 Å². The van der Waals surface area contributed by atoms with Gasteiger partial charge < -0.3 is 15.4 Å². The van der Waals surface area contributed by atoms with E-state index in [1.54, 1.807) is 24.3 Å². The van der Waals surface area contributed by atoms with Gasteiger partial charge in [0.2, 0.25) is 0 Å². The van der Waals surface area contributed by atoms with Crippen molar-refractivity contribution in [1.82, 2.24) is 10.6 Å². The first-order valence-electron chi connectivity index (χ1n) is 9.29. The Kier molecular flexibility index (Phi) is 8.21. The number of ether oxygens (including phenoxy) is 1. The predicted octanol–water partition coefficient (Wildman–Crippen LogP) is 2.86. The SMILES string of the molecule is CC(C)CNC(=O)COC(=O)CC(NC(=O)c1ccccc1)c1ccccc1. The number of benzene rings is 2. The van der Waals surface area contributed by atoms with E-state index in [-0.39, 0.29) is 24.8 Å². The van der Waals surface area contributed by atoms with Gasteiger partial charge in [0.25, 0.3) is 11.8 Å². The summed E-state index contributed by atoms with van der Waals surface area (Å²) in [4.78, 5) is 36.4. The van der Waals surface area contributed by atoms with Gasteiger partial charge in [-0.2, -0.15) is 0 Å². The van der Waals surface area contributed by atoms with E-state index in [1.807, 2.05) is 50.2 Å². The van der Waals surface area contributed by atoms with Gasteiger partial charge in [-0.15, -0.1) is 0 Å². The second kappa shape index (κ2) is 10.9. The summed E-state index contributed by atoms with van der Waals surface area (Å²) in [5, 5.41) is 5.56. The molecule has 2 aromatic rings. The topological polar surface area (TPSA) is 84.5 Å². The maximum absolute atomic E-state index is 12.5. The van der Waals surface area contributed by atoms with Crippen LogP contribution in [0, 0.1) is 5.92 Å². The van der Waals surface area contributed by atoms with E-state index in [9.17, 15) is 14.4 Å². The number of nitrogens with one attached hydrogen (secondary N) is 2. The molecule has 2 N–H and O–H groups in total. The van der Waals surface area contributed by atoms with Gasteiger partial charge in [0.15, 0.2) is 6.61 Å². The summed E-state index contributed by atoms with van der Waals surface area (Å²) in [6, 6.07) is 17.4. The molecule has 0 radical (unpaired) electrons. The molecule has 0 aliphatic carbocycles. The third-order valence-electron chi connectivity index (χ3n) is 3.99. The number of hydrogen-bond acceptors (Lipinski definition) is 4. The third kappa shape index (κ3) is 7.23. The Morgan fingerprint density at radius 3 is 2.14 bits per heavy atom. The van der Waals surface area contributed by atoms with Crippen LogP contribution in [0.5, 0.6) is 0 Å². The van der Waals surface area contributed by atoms with Crippen molar-refractivity contribution in [1.29, 1.82) is 0 Å². The summed E-state index contributed by atoms with van der Waals surface area (Å²) in [6.45, 7) is 4.15. The van der Waals surface area contributed by atoms with Gasteiger partial charge in [0.1, 0.15) is 0 Å². The van der Waals surface area contributed by atoms with E-state index in [1.165, 1.54) is 0 Å². The molecule has 2 amide bonds. The van der Waals surface area contributed by atoms with Crippen LogP contribution in [0.25, 0.3) is 0 Å². The molecule has 0 saturated carbocycles. The number of carbonyl (C=O) groups excluding carboxylic acids is 3. The Hall–Kier alpha value is -3.15. The number of hydrogen-bond donors (Lipinski definition) is 2. The minimum Gasteiger partial charge on any atom is -0.456 e. The number of amides is 2. The Balaban J connectivity index is 1.97. The highest BCUT2D eigenvalue weighted by Crippen LogP contribution is 2.18. The maximum Gasteiger partial charge on any atom is 0.308 e. The van der Waals surface area contributed by atoms with Crippen LogP contribution < -0.4 is 10.6 Å². The van der Waals surface area contributed by atoms with Gasteiger partial charge in [-0.3, -0.25) is 14.4 Å². The second-order valence-corrected chi connectivity index (χ2v) is 6.87. The quantitative estimate of drug-likeness (QED) is 0.653. The van der Waals surface area contributed by atoms with Crippen molar-refractivity contribution in [3.8, 4) is 0 Å². The molecular formula is C22H26N2O4. The molecule has 0 bridgehead atoms. The van der Waals surface area contributed by atoms with Crippen LogP contribution in [0.2, 0.25) is 0 Å². The van der Waals surface area contributed by atoms with Crippen molar-refractivity contribution >= 4 is 17.8 Å². The molecule has 0 aromatic heterocycles. The Bertz CT molecular complexity index is 776. The Labute approximate surface area is 165 Å². The largest absolute Gasteiger partial charge is 0.456 e. The fourth-order valence-corrected chi connectivity index (χ4v) is 2.51. The molecule has 28 heavy (non-hydrogen) atoms. The van der Waals surface area contributed by atoms with Gasteiger partial charge in [-0.1, -0.05) is 62.4 Å². The van der Waals surface area contributed by atoms with E-state index in [0.717, 1.165) is 5.56 Å². The van der Waals surface area contributed by atoms with Crippen molar-refractivity contribution in [3.63, 3.8) is 0 Å².